The summed E-state index contributed by atoms with van der Waals surface area (Å²) in [6.07, 6.45) is 2.36. The van der Waals surface area contributed by atoms with Crippen LogP contribution in [0.15, 0.2) is 0 Å². The Labute approximate surface area is 108 Å². The van der Waals surface area contributed by atoms with Crippen LogP contribution < -0.4 is 0 Å². The van der Waals surface area contributed by atoms with Crippen LogP contribution >= 0.6 is 0 Å². The highest BCUT2D eigenvalue weighted by molar-refractivity contribution is 5.72. The van der Waals surface area contributed by atoms with Crippen LogP contribution in [-0.2, 0) is 28.9 Å². The summed E-state index contributed by atoms with van der Waals surface area (Å²) >= 11 is 0. The van der Waals surface area contributed by atoms with E-state index in [0.717, 1.165) is 31.0 Å². The first-order valence-corrected chi connectivity index (χ1v) is 6.39. The molecule has 0 radical (unpaired) electrons. The lowest BCUT2D eigenvalue weighted by Gasteiger charge is -2.23. The van der Waals surface area contributed by atoms with Gasteiger partial charge in [0.05, 0.1) is 13.0 Å². The number of fused-ring (bicyclic) bond motifs is 1. The highest BCUT2D eigenvalue weighted by Gasteiger charge is 2.29. The molecule has 18 heavy (non-hydrogen) atoms. The number of ether oxygens (including phenoxy) is 1. The van der Waals surface area contributed by atoms with Crippen LogP contribution in [0.25, 0.3) is 0 Å². The molecule has 1 aromatic heterocycles. The van der Waals surface area contributed by atoms with Crippen molar-refractivity contribution in [3.63, 3.8) is 0 Å². The Morgan fingerprint density at radius 2 is 2.17 bits per heavy atom. The number of aromatic nitrogens is 3. The Kier molecular flexibility index (Phi) is 3.41. The van der Waals surface area contributed by atoms with Crippen LogP contribution in [0.4, 0.5) is 0 Å². The van der Waals surface area contributed by atoms with Gasteiger partial charge in [0, 0.05) is 19.4 Å². The maximum atomic E-state index is 11.5. The van der Waals surface area contributed by atoms with Gasteiger partial charge in [0.1, 0.15) is 11.6 Å². The third-order valence-electron chi connectivity index (χ3n) is 3.26. The summed E-state index contributed by atoms with van der Waals surface area (Å²) in [6.45, 7) is 7.38. The Morgan fingerprint density at radius 3 is 2.78 bits per heavy atom. The van der Waals surface area contributed by atoms with Crippen molar-refractivity contribution in [2.24, 2.45) is 11.3 Å². The fraction of sp³-hybridized carbons (Fsp3) is 0.769. The van der Waals surface area contributed by atoms with E-state index < -0.39 is 0 Å². The zero-order chi connectivity index (χ0) is 13.3. The number of methoxy groups -OCH3 is 1. The summed E-state index contributed by atoms with van der Waals surface area (Å²) in [4.78, 5) is 11.5. The number of hydrogen-bond acceptors (Lipinski definition) is 4. The van der Waals surface area contributed by atoms with Gasteiger partial charge in [-0.05, 0) is 11.8 Å². The van der Waals surface area contributed by atoms with E-state index >= 15 is 0 Å². The van der Waals surface area contributed by atoms with Gasteiger partial charge in [0.15, 0.2) is 0 Å². The monoisotopic (exact) mass is 251 g/mol. The lowest BCUT2D eigenvalue weighted by Crippen LogP contribution is -2.28. The van der Waals surface area contributed by atoms with E-state index in [0.29, 0.717) is 6.42 Å². The van der Waals surface area contributed by atoms with Gasteiger partial charge >= 0.3 is 5.97 Å². The van der Waals surface area contributed by atoms with Gasteiger partial charge in [-0.3, -0.25) is 4.79 Å². The summed E-state index contributed by atoms with van der Waals surface area (Å²) in [5.41, 5.74) is 0.197. The van der Waals surface area contributed by atoms with Crippen LogP contribution in [0.5, 0.6) is 0 Å². The lowest BCUT2D eigenvalue weighted by atomic mass is 9.91. The molecule has 0 fully saturated rings. The van der Waals surface area contributed by atoms with E-state index in [9.17, 15) is 4.79 Å². The Bertz CT molecular complexity index is 446. The van der Waals surface area contributed by atoms with Crippen molar-refractivity contribution < 1.29 is 9.53 Å². The standard InChI is InChI=1S/C13H21N3O2/c1-13(2,3)8-11-15-14-10-7-9(12(17)18-4)5-6-16(10)11/h9H,5-8H2,1-4H3. The molecule has 0 saturated carbocycles. The molecule has 5 nitrogen and oxygen atoms in total. The van der Waals surface area contributed by atoms with Gasteiger partial charge in [-0.1, -0.05) is 20.8 Å². The molecule has 0 aromatic carbocycles. The van der Waals surface area contributed by atoms with Crippen molar-refractivity contribution in [1.29, 1.82) is 0 Å². The summed E-state index contributed by atoms with van der Waals surface area (Å²) in [5.74, 6) is 1.74. The molecular formula is C13H21N3O2. The summed E-state index contributed by atoms with van der Waals surface area (Å²) in [5, 5.41) is 8.48. The average molecular weight is 251 g/mol. The highest BCUT2D eigenvalue weighted by Crippen LogP contribution is 2.25. The number of carbonyl (C=O) groups is 1. The zero-order valence-electron chi connectivity index (χ0n) is 11.6. The molecule has 1 aliphatic heterocycles. The predicted molar refractivity (Wildman–Crippen MR) is 67.0 cm³/mol. The molecular weight excluding hydrogens is 230 g/mol. The minimum Gasteiger partial charge on any atom is -0.469 e. The number of nitrogens with zero attached hydrogens (tertiary/aromatic N) is 3. The topological polar surface area (TPSA) is 57.0 Å². The van der Waals surface area contributed by atoms with E-state index in [1.807, 2.05) is 0 Å². The van der Waals surface area contributed by atoms with Gasteiger partial charge in [0.25, 0.3) is 0 Å². The van der Waals surface area contributed by atoms with Crippen LogP contribution in [-0.4, -0.2) is 27.8 Å². The van der Waals surface area contributed by atoms with E-state index in [1.54, 1.807) is 0 Å². The fourth-order valence-corrected chi connectivity index (χ4v) is 2.36. The van der Waals surface area contributed by atoms with Gasteiger partial charge in [0.2, 0.25) is 0 Å². The van der Waals surface area contributed by atoms with Crippen LogP contribution in [0.1, 0.15) is 38.8 Å². The van der Waals surface area contributed by atoms with Crippen molar-refractivity contribution in [2.45, 2.75) is 46.6 Å². The van der Waals surface area contributed by atoms with Crippen LogP contribution in [0, 0.1) is 11.3 Å². The summed E-state index contributed by atoms with van der Waals surface area (Å²) in [7, 11) is 1.44. The first kappa shape index (κ1) is 13.1. The van der Waals surface area contributed by atoms with Crippen molar-refractivity contribution in [3.8, 4) is 0 Å². The third-order valence-corrected chi connectivity index (χ3v) is 3.26. The van der Waals surface area contributed by atoms with Crippen LogP contribution in [0.3, 0.4) is 0 Å². The maximum Gasteiger partial charge on any atom is 0.309 e. The van der Waals surface area contributed by atoms with Crippen molar-refractivity contribution >= 4 is 5.97 Å². The quantitative estimate of drug-likeness (QED) is 0.749. The number of hydrogen-bond donors (Lipinski definition) is 0. The predicted octanol–water partition coefficient (Wildman–Crippen LogP) is 1.60. The molecule has 0 saturated heterocycles. The third kappa shape index (κ3) is 2.71. The zero-order valence-corrected chi connectivity index (χ0v) is 11.6. The van der Waals surface area contributed by atoms with Crippen molar-refractivity contribution in [1.82, 2.24) is 14.8 Å². The molecule has 1 atom stereocenters. The maximum absolute atomic E-state index is 11.5. The minimum atomic E-state index is -0.137. The van der Waals surface area contributed by atoms with Gasteiger partial charge < -0.3 is 9.30 Å². The molecule has 0 bridgehead atoms. The molecule has 5 heteroatoms. The Morgan fingerprint density at radius 1 is 1.44 bits per heavy atom. The molecule has 1 aliphatic rings. The van der Waals surface area contributed by atoms with Gasteiger partial charge in [-0.25, -0.2) is 0 Å². The Balaban J connectivity index is 2.14. The number of carbonyl (C=O) groups excluding carboxylic acids is 1. The van der Waals surface area contributed by atoms with E-state index in [1.165, 1.54) is 7.11 Å². The Hall–Kier alpha value is -1.39. The van der Waals surface area contributed by atoms with E-state index in [2.05, 4.69) is 35.5 Å². The second kappa shape index (κ2) is 4.71. The molecule has 0 spiro atoms. The largest absolute Gasteiger partial charge is 0.469 e. The number of esters is 1. The summed E-state index contributed by atoms with van der Waals surface area (Å²) in [6, 6.07) is 0. The molecule has 2 heterocycles. The van der Waals surface area contributed by atoms with Crippen molar-refractivity contribution in [3.05, 3.63) is 11.6 Å². The molecule has 0 N–H and O–H groups in total. The van der Waals surface area contributed by atoms with E-state index in [4.69, 9.17) is 4.74 Å². The first-order chi connectivity index (χ1) is 8.40. The SMILES string of the molecule is COC(=O)C1CCn2c(nnc2CC(C)(C)C)C1. The molecule has 0 amide bonds. The molecule has 1 aromatic rings. The van der Waals surface area contributed by atoms with E-state index in [-0.39, 0.29) is 17.3 Å². The fourth-order valence-electron chi connectivity index (χ4n) is 2.36. The number of rotatable bonds is 2. The van der Waals surface area contributed by atoms with Gasteiger partial charge in [-0.2, -0.15) is 0 Å². The smallest absolute Gasteiger partial charge is 0.309 e. The van der Waals surface area contributed by atoms with Gasteiger partial charge in [-0.15, -0.1) is 10.2 Å². The summed E-state index contributed by atoms with van der Waals surface area (Å²) < 4.78 is 6.95. The average Bonchev–Trinajstić information content (AvgIpc) is 2.68. The first-order valence-electron chi connectivity index (χ1n) is 6.39. The molecule has 2 rings (SSSR count). The minimum absolute atomic E-state index is 0.0609. The molecule has 1 unspecified atom stereocenters. The highest BCUT2D eigenvalue weighted by atomic mass is 16.5. The lowest BCUT2D eigenvalue weighted by molar-refractivity contribution is -0.146. The molecule has 0 aliphatic carbocycles. The molecule has 100 valence electrons. The second-order valence-corrected chi connectivity index (χ2v) is 6.13. The van der Waals surface area contributed by atoms with Crippen LogP contribution in [0.2, 0.25) is 0 Å². The van der Waals surface area contributed by atoms with Crippen molar-refractivity contribution in [2.75, 3.05) is 7.11 Å². The normalized spacial score (nSPS) is 19.4. The second-order valence-electron chi connectivity index (χ2n) is 6.13.